The van der Waals surface area contributed by atoms with Crippen LogP contribution in [-0.2, 0) is 5.60 Å². The monoisotopic (exact) mass is 254 g/mol. The number of hydrogen-bond acceptors (Lipinski definition) is 2. The number of hydrogen-bond donors (Lipinski definition) is 1. The van der Waals surface area contributed by atoms with E-state index in [1.165, 1.54) is 19.3 Å². The van der Waals surface area contributed by atoms with Gasteiger partial charge in [-0.05, 0) is 56.4 Å². The van der Waals surface area contributed by atoms with E-state index in [4.69, 9.17) is 16.3 Å². The molecular weight excluding hydrogens is 236 g/mol. The Labute approximate surface area is 108 Å². The minimum atomic E-state index is -0.889. The van der Waals surface area contributed by atoms with Crippen LogP contribution in [0.5, 0.6) is 5.75 Å². The summed E-state index contributed by atoms with van der Waals surface area (Å²) in [6.45, 7) is 4.24. The van der Waals surface area contributed by atoms with Crippen molar-refractivity contribution in [3.8, 4) is 5.75 Å². The van der Waals surface area contributed by atoms with E-state index in [1.54, 1.807) is 26.0 Å². The highest BCUT2D eigenvalue weighted by atomic mass is 35.5. The van der Waals surface area contributed by atoms with Crippen LogP contribution >= 0.6 is 11.6 Å². The Morgan fingerprint density at radius 1 is 1.35 bits per heavy atom. The normalized spacial score (nSPS) is 16.7. The minimum Gasteiger partial charge on any atom is -0.493 e. The fraction of sp³-hybridized carbons (Fsp3) is 0.571. The SMILES string of the molecule is CC(C)(O)c1cc(Cl)cc(OCC2CCC2)c1. The predicted octanol–water partition coefficient (Wildman–Crippen LogP) is 3.75. The average molecular weight is 255 g/mol. The van der Waals surface area contributed by atoms with Crippen LogP contribution in [0.1, 0.15) is 38.7 Å². The van der Waals surface area contributed by atoms with Crippen LogP contribution in [0.15, 0.2) is 18.2 Å². The summed E-state index contributed by atoms with van der Waals surface area (Å²) in [5, 5.41) is 10.6. The van der Waals surface area contributed by atoms with Gasteiger partial charge in [0, 0.05) is 5.02 Å². The topological polar surface area (TPSA) is 29.5 Å². The zero-order valence-electron chi connectivity index (χ0n) is 10.4. The van der Waals surface area contributed by atoms with Crippen molar-refractivity contribution in [2.24, 2.45) is 5.92 Å². The summed E-state index contributed by atoms with van der Waals surface area (Å²) in [5.74, 6) is 1.45. The van der Waals surface area contributed by atoms with Crippen molar-refractivity contribution in [3.63, 3.8) is 0 Å². The second kappa shape index (κ2) is 4.87. The molecular formula is C14H19ClO2. The molecule has 2 rings (SSSR count). The van der Waals surface area contributed by atoms with Gasteiger partial charge in [-0.15, -0.1) is 0 Å². The second-order valence-corrected chi connectivity index (χ2v) is 5.78. The lowest BCUT2D eigenvalue weighted by atomic mass is 9.86. The third-order valence-corrected chi connectivity index (χ3v) is 3.51. The van der Waals surface area contributed by atoms with Gasteiger partial charge >= 0.3 is 0 Å². The number of aliphatic hydroxyl groups is 1. The maximum absolute atomic E-state index is 9.96. The summed E-state index contributed by atoms with van der Waals surface area (Å²) >= 11 is 6.03. The number of halogens is 1. The molecule has 0 aliphatic heterocycles. The Morgan fingerprint density at radius 2 is 2.06 bits per heavy atom. The number of benzene rings is 1. The highest BCUT2D eigenvalue weighted by Crippen LogP contribution is 2.30. The summed E-state index contributed by atoms with van der Waals surface area (Å²) in [6, 6.07) is 5.44. The molecule has 0 unspecified atom stereocenters. The van der Waals surface area contributed by atoms with Crippen molar-refractivity contribution >= 4 is 11.6 Å². The fourth-order valence-corrected chi connectivity index (χ4v) is 2.10. The molecule has 1 aliphatic carbocycles. The van der Waals surface area contributed by atoms with Crippen molar-refractivity contribution in [2.75, 3.05) is 6.61 Å². The molecule has 0 atom stereocenters. The first-order valence-corrected chi connectivity index (χ1v) is 6.49. The zero-order valence-corrected chi connectivity index (χ0v) is 11.1. The van der Waals surface area contributed by atoms with Gasteiger partial charge in [-0.2, -0.15) is 0 Å². The lowest BCUT2D eigenvalue weighted by Gasteiger charge is -2.25. The van der Waals surface area contributed by atoms with Gasteiger partial charge in [0.05, 0.1) is 12.2 Å². The molecule has 1 fully saturated rings. The Kier molecular flexibility index (Phi) is 3.64. The molecule has 1 aromatic carbocycles. The van der Waals surface area contributed by atoms with E-state index in [1.807, 2.05) is 6.07 Å². The van der Waals surface area contributed by atoms with Crippen LogP contribution in [-0.4, -0.2) is 11.7 Å². The van der Waals surface area contributed by atoms with E-state index in [-0.39, 0.29) is 0 Å². The van der Waals surface area contributed by atoms with Crippen LogP contribution in [0, 0.1) is 5.92 Å². The van der Waals surface area contributed by atoms with E-state index in [2.05, 4.69) is 0 Å². The maximum atomic E-state index is 9.96. The van der Waals surface area contributed by atoms with E-state index in [0.29, 0.717) is 10.9 Å². The molecule has 2 nitrogen and oxygen atoms in total. The van der Waals surface area contributed by atoms with Crippen LogP contribution < -0.4 is 4.74 Å². The maximum Gasteiger partial charge on any atom is 0.121 e. The first kappa shape index (κ1) is 12.7. The second-order valence-electron chi connectivity index (χ2n) is 5.34. The molecule has 1 aliphatic rings. The number of ether oxygens (including phenoxy) is 1. The zero-order chi connectivity index (χ0) is 12.5. The molecule has 17 heavy (non-hydrogen) atoms. The molecule has 0 heterocycles. The lowest BCUT2D eigenvalue weighted by molar-refractivity contribution is 0.0781. The van der Waals surface area contributed by atoms with Crippen LogP contribution in [0.2, 0.25) is 5.02 Å². The first-order valence-electron chi connectivity index (χ1n) is 6.11. The third kappa shape index (κ3) is 3.36. The van der Waals surface area contributed by atoms with Gasteiger partial charge in [0.25, 0.3) is 0 Å². The molecule has 1 aromatic rings. The minimum absolute atomic E-state index is 0.605. The Morgan fingerprint density at radius 3 is 2.59 bits per heavy atom. The standard InChI is InChI=1S/C14H19ClO2/c1-14(2,16)11-6-12(15)8-13(7-11)17-9-10-4-3-5-10/h6-8,10,16H,3-5,9H2,1-2H3. The van der Waals surface area contributed by atoms with Gasteiger partial charge in [0.1, 0.15) is 5.75 Å². The summed E-state index contributed by atoms with van der Waals surface area (Å²) in [7, 11) is 0. The highest BCUT2D eigenvalue weighted by molar-refractivity contribution is 6.30. The largest absolute Gasteiger partial charge is 0.493 e. The Balaban J connectivity index is 2.08. The number of rotatable bonds is 4. The Hall–Kier alpha value is -0.730. The predicted molar refractivity (Wildman–Crippen MR) is 69.5 cm³/mol. The highest BCUT2D eigenvalue weighted by Gasteiger charge is 2.20. The molecule has 0 bridgehead atoms. The van der Waals surface area contributed by atoms with Crippen molar-refractivity contribution in [3.05, 3.63) is 28.8 Å². The summed E-state index contributed by atoms with van der Waals surface area (Å²) in [6.07, 6.45) is 3.84. The molecule has 0 saturated heterocycles. The third-order valence-electron chi connectivity index (χ3n) is 3.29. The van der Waals surface area contributed by atoms with E-state index >= 15 is 0 Å². The van der Waals surface area contributed by atoms with Crippen molar-refractivity contribution in [1.82, 2.24) is 0 Å². The molecule has 0 spiro atoms. The Bertz CT molecular complexity index is 392. The summed E-state index contributed by atoms with van der Waals surface area (Å²) in [5.41, 5.74) is -0.104. The average Bonchev–Trinajstić information content (AvgIpc) is 2.13. The molecule has 1 saturated carbocycles. The fourth-order valence-electron chi connectivity index (χ4n) is 1.87. The van der Waals surface area contributed by atoms with Crippen molar-refractivity contribution < 1.29 is 9.84 Å². The molecule has 0 amide bonds. The van der Waals surface area contributed by atoms with E-state index < -0.39 is 5.60 Å². The molecule has 0 radical (unpaired) electrons. The first-order chi connectivity index (χ1) is 7.95. The summed E-state index contributed by atoms with van der Waals surface area (Å²) in [4.78, 5) is 0. The summed E-state index contributed by atoms with van der Waals surface area (Å²) < 4.78 is 5.73. The van der Waals surface area contributed by atoms with Crippen LogP contribution in [0.25, 0.3) is 0 Å². The smallest absolute Gasteiger partial charge is 0.121 e. The molecule has 94 valence electrons. The van der Waals surface area contributed by atoms with Crippen LogP contribution in [0.4, 0.5) is 0 Å². The van der Waals surface area contributed by atoms with E-state index in [0.717, 1.165) is 17.9 Å². The lowest BCUT2D eigenvalue weighted by Crippen LogP contribution is -2.20. The van der Waals surface area contributed by atoms with Gasteiger partial charge < -0.3 is 9.84 Å². The van der Waals surface area contributed by atoms with Gasteiger partial charge in [0.15, 0.2) is 0 Å². The van der Waals surface area contributed by atoms with Gasteiger partial charge in [0.2, 0.25) is 0 Å². The molecule has 1 N–H and O–H groups in total. The quantitative estimate of drug-likeness (QED) is 0.887. The van der Waals surface area contributed by atoms with E-state index in [9.17, 15) is 5.11 Å². The van der Waals surface area contributed by atoms with Gasteiger partial charge in [-0.1, -0.05) is 18.0 Å². The van der Waals surface area contributed by atoms with Crippen molar-refractivity contribution in [2.45, 2.75) is 38.7 Å². The van der Waals surface area contributed by atoms with Crippen molar-refractivity contribution in [1.29, 1.82) is 0 Å². The van der Waals surface area contributed by atoms with Gasteiger partial charge in [-0.25, -0.2) is 0 Å². The molecule has 0 aromatic heterocycles. The molecule has 3 heteroatoms. The van der Waals surface area contributed by atoms with Gasteiger partial charge in [-0.3, -0.25) is 0 Å². The van der Waals surface area contributed by atoms with Crippen LogP contribution in [0.3, 0.4) is 0 Å².